The number of nitrogens with two attached hydrogens (primary N) is 1. The zero-order valence-electron chi connectivity index (χ0n) is 17.5. The summed E-state index contributed by atoms with van der Waals surface area (Å²) < 4.78 is 13.8. The molecule has 3 nitrogen and oxygen atoms in total. The third-order valence-electron chi connectivity index (χ3n) is 9.24. The summed E-state index contributed by atoms with van der Waals surface area (Å²) in [6, 6.07) is 11.0. The zero-order valence-corrected chi connectivity index (χ0v) is 17.5. The smallest absolute Gasteiger partial charge is 0.227 e. The fourth-order valence-electron chi connectivity index (χ4n) is 8.16. The van der Waals surface area contributed by atoms with Crippen molar-refractivity contribution < 1.29 is 9.18 Å². The number of amides is 1. The summed E-state index contributed by atoms with van der Waals surface area (Å²) in [5.74, 6) is 1.41. The minimum atomic E-state index is -0.372. The molecule has 0 aliphatic heterocycles. The fraction of sp³-hybridized carbons (Fsp3) is 0.720. The maximum Gasteiger partial charge on any atom is 0.227 e. The summed E-state index contributed by atoms with van der Waals surface area (Å²) in [4.78, 5) is 13.8. The Morgan fingerprint density at radius 3 is 2.52 bits per heavy atom. The molecule has 0 saturated heterocycles. The van der Waals surface area contributed by atoms with E-state index in [0.29, 0.717) is 18.3 Å². The number of nitrogens with one attached hydrogen (secondary N) is 1. The van der Waals surface area contributed by atoms with Crippen molar-refractivity contribution in [1.29, 1.82) is 0 Å². The second kappa shape index (κ2) is 7.08. The normalized spacial score (nSPS) is 42.9. The second-order valence-corrected chi connectivity index (χ2v) is 10.7. The quantitative estimate of drug-likeness (QED) is 0.741. The van der Waals surface area contributed by atoms with Gasteiger partial charge in [0.15, 0.2) is 0 Å². The summed E-state index contributed by atoms with van der Waals surface area (Å²) in [5.41, 5.74) is 6.74. The van der Waals surface area contributed by atoms with Gasteiger partial charge in [-0.3, -0.25) is 9.18 Å². The standard InChI is InChI=1S/C25H35FN2O/c26-11-10-24-13-19-12-23(16-24,20-4-2-1-3-5-20)17-25(24,14-19)22(29)28-21-8-6-18(15-27)7-9-21/h1-5,18-19,21H,6-17,27H2,(H,28,29)/t18?,19?,21?,23-,24-,25?/m1/s1. The number of benzene rings is 1. The highest BCUT2D eigenvalue weighted by Gasteiger charge is 2.74. The molecule has 5 aliphatic rings. The van der Waals surface area contributed by atoms with E-state index in [-0.39, 0.29) is 34.9 Å². The molecule has 2 unspecified atom stereocenters. The summed E-state index contributed by atoms with van der Waals surface area (Å²) in [6.07, 6.45) is 9.90. The number of carbonyl (C=O) groups is 1. The van der Waals surface area contributed by atoms with Crippen LogP contribution >= 0.6 is 0 Å². The van der Waals surface area contributed by atoms with Crippen molar-refractivity contribution in [3.63, 3.8) is 0 Å². The lowest BCUT2D eigenvalue weighted by Crippen LogP contribution is -2.51. The number of hydrogen-bond donors (Lipinski definition) is 2. The number of rotatable bonds is 6. The molecule has 1 aromatic rings. The van der Waals surface area contributed by atoms with E-state index in [1.54, 1.807) is 0 Å². The van der Waals surface area contributed by atoms with Gasteiger partial charge < -0.3 is 11.1 Å². The molecule has 158 valence electrons. The molecular formula is C25H35FN2O. The van der Waals surface area contributed by atoms with E-state index in [1.807, 2.05) is 0 Å². The molecule has 1 aromatic carbocycles. The van der Waals surface area contributed by atoms with Crippen LogP contribution in [0, 0.1) is 22.7 Å². The lowest BCUT2D eigenvalue weighted by atomic mass is 9.63. The molecule has 0 aromatic heterocycles. The van der Waals surface area contributed by atoms with Crippen molar-refractivity contribution in [2.75, 3.05) is 13.2 Å². The Kier molecular flexibility index (Phi) is 4.77. The average Bonchev–Trinajstić information content (AvgIpc) is 3.08. The molecular weight excluding hydrogens is 363 g/mol. The van der Waals surface area contributed by atoms with Crippen LogP contribution in [-0.2, 0) is 10.2 Å². The van der Waals surface area contributed by atoms with Crippen molar-refractivity contribution in [1.82, 2.24) is 5.32 Å². The highest BCUT2D eigenvalue weighted by molar-refractivity contribution is 5.86. The van der Waals surface area contributed by atoms with Crippen LogP contribution in [0.5, 0.6) is 0 Å². The van der Waals surface area contributed by atoms with Gasteiger partial charge in [-0.1, -0.05) is 30.3 Å². The van der Waals surface area contributed by atoms with Gasteiger partial charge in [0.2, 0.25) is 5.91 Å². The Morgan fingerprint density at radius 1 is 1.07 bits per heavy atom. The molecule has 3 N–H and O–H groups in total. The summed E-state index contributed by atoms with van der Waals surface area (Å²) in [5, 5.41) is 3.46. The first-order chi connectivity index (χ1) is 14.0. The molecule has 5 saturated carbocycles. The Labute approximate surface area is 174 Å². The fourth-order valence-corrected chi connectivity index (χ4v) is 8.16. The maximum absolute atomic E-state index is 13.8. The van der Waals surface area contributed by atoms with E-state index in [4.69, 9.17) is 5.73 Å². The molecule has 0 spiro atoms. The van der Waals surface area contributed by atoms with Crippen molar-refractivity contribution in [2.24, 2.45) is 28.4 Å². The third-order valence-corrected chi connectivity index (χ3v) is 9.24. The monoisotopic (exact) mass is 398 g/mol. The third kappa shape index (κ3) is 2.89. The van der Waals surface area contributed by atoms with Gasteiger partial charge in [0, 0.05) is 6.04 Å². The first kappa shape index (κ1) is 19.5. The van der Waals surface area contributed by atoms with Crippen LogP contribution in [0.2, 0.25) is 0 Å². The number of hydrogen-bond acceptors (Lipinski definition) is 2. The molecule has 0 heterocycles. The van der Waals surface area contributed by atoms with Crippen molar-refractivity contribution in [3.8, 4) is 0 Å². The van der Waals surface area contributed by atoms with Gasteiger partial charge in [-0.2, -0.15) is 0 Å². The minimum absolute atomic E-state index is 0.0617. The Balaban J connectivity index is 1.43. The largest absolute Gasteiger partial charge is 0.353 e. The lowest BCUT2D eigenvalue weighted by molar-refractivity contribution is -0.137. The van der Waals surface area contributed by atoms with Gasteiger partial charge >= 0.3 is 0 Å². The summed E-state index contributed by atoms with van der Waals surface area (Å²) in [7, 11) is 0. The van der Waals surface area contributed by atoms with Crippen molar-refractivity contribution >= 4 is 5.91 Å². The maximum atomic E-state index is 13.8. The van der Waals surface area contributed by atoms with Crippen LogP contribution in [0.25, 0.3) is 0 Å². The van der Waals surface area contributed by atoms with E-state index in [9.17, 15) is 9.18 Å². The molecule has 6 rings (SSSR count). The predicted octanol–water partition coefficient (Wildman–Crippen LogP) is 4.50. The van der Waals surface area contributed by atoms with Gasteiger partial charge in [0.1, 0.15) is 0 Å². The lowest BCUT2D eigenvalue weighted by Gasteiger charge is -2.41. The molecule has 5 fully saturated rings. The molecule has 0 radical (unpaired) electrons. The average molecular weight is 399 g/mol. The molecule has 1 amide bonds. The molecule has 4 heteroatoms. The molecule has 4 bridgehead atoms. The number of halogens is 1. The van der Waals surface area contributed by atoms with Crippen LogP contribution in [0.4, 0.5) is 4.39 Å². The Hall–Kier alpha value is -1.42. The molecule has 5 aliphatic carbocycles. The van der Waals surface area contributed by atoms with Crippen molar-refractivity contribution in [2.45, 2.75) is 75.7 Å². The van der Waals surface area contributed by atoms with Crippen LogP contribution in [-0.4, -0.2) is 25.2 Å². The Bertz CT molecular complexity index is 761. The number of alkyl halides is 1. The van der Waals surface area contributed by atoms with Gasteiger partial charge in [0.05, 0.1) is 12.1 Å². The van der Waals surface area contributed by atoms with E-state index < -0.39 is 0 Å². The molecule has 4 atom stereocenters. The molecule has 29 heavy (non-hydrogen) atoms. The predicted molar refractivity (Wildman–Crippen MR) is 113 cm³/mol. The Morgan fingerprint density at radius 2 is 1.83 bits per heavy atom. The van der Waals surface area contributed by atoms with Crippen molar-refractivity contribution in [3.05, 3.63) is 35.9 Å². The van der Waals surface area contributed by atoms with E-state index in [2.05, 4.69) is 35.6 Å². The van der Waals surface area contributed by atoms with E-state index in [0.717, 1.165) is 57.9 Å². The zero-order chi connectivity index (χ0) is 20.1. The van der Waals surface area contributed by atoms with Crippen LogP contribution in [0.1, 0.15) is 69.8 Å². The SMILES string of the molecule is NCC1CCC(NC(=O)C23CC4C[C@](c5ccccc5)(C2)C[C@@]3(CCF)C4)CC1. The van der Waals surface area contributed by atoms with Gasteiger partial charge in [0.25, 0.3) is 0 Å². The second-order valence-electron chi connectivity index (χ2n) is 10.7. The van der Waals surface area contributed by atoms with E-state index >= 15 is 0 Å². The summed E-state index contributed by atoms with van der Waals surface area (Å²) in [6.45, 7) is 0.444. The van der Waals surface area contributed by atoms with Gasteiger partial charge in [-0.15, -0.1) is 0 Å². The number of carbonyl (C=O) groups excluding carboxylic acids is 1. The van der Waals surface area contributed by atoms with E-state index in [1.165, 1.54) is 12.0 Å². The van der Waals surface area contributed by atoms with Crippen LogP contribution in [0.15, 0.2) is 30.3 Å². The van der Waals surface area contributed by atoms with Gasteiger partial charge in [-0.05, 0) is 99.0 Å². The highest BCUT2D eigenvalue weighted by Crippen LogP contribution is 2.77. The van der Waals surface area contributed by atoms with Gasteiger partial charge in [-0.25, -0.2) is 0 Å². The highest BCUT2D eigenvalue weighted by atomic mass is 19.1. The summed E-state index contributed by atoms with van der Waals surface area (Å²) >= 11 is 0. The minimum Gasteiger partial charge on any atom is -0.353 e. The van der Waals surface area contributed by atoms with Crippen LogP contribution in [0.3, 0.4) is 0 Å². The topological polar surface area (TPSA) is 55.1 Å². The first-order valence-corrected chi connectivity index (χ1v) is 11.7. The van der Waals surface area contributed by atoms with Crippen LogP contribution < -0.4 is 11.1 Å². The first-order valence-electron chi connectivity index (χ1n) is 11.7.